The molecule has 0 bridgehead atoms. The van der Waals surface area contributed by atoms with Crippen molar-refractivity contribution in [1.82, 2.24) is 4.98 Å². The summed E-state index contributed by atoms with van der Waals surface area (Å²) in [6.45, 7) is 2.00. The quantitative estimate of drug-likeness (QED) is 0.376. The molecular formula is C27H26N2O5S. The maximum Gasteiger partial charge on any atom is 0.236 e. The number of oxazole rings is 1. The Morgan fingerprint density at radius 2 is 1.43 bits per heavy atom. The molecule has 0 atom stereocenters. The molecule has 1 saturated heterocycles. The second-order valence-corrected chi connectivity index (χ2v) is 10.1. The van der Waals surface area contributed by atoms with Gasteiger partial charge in [0.15, 0.2) is 0 Å². The number of hydrogen-bond acceptors (Lipinski definition) is 7. The van der Waals surface area contributed by atoms with E-state index >= 15 is 0 Å². The topological polar surface area (TPSA) is 81.9 Å². The summed E-state index contributed by atoms with van der Waals surface area (Å²) in [5.41, 5.74) is 1.92. The van der Waals surface area contributed by atoms with Gasteiger partial charge in [-0.15, -0.1) is 0 Å². The molecule has 3 aromatic carbocycles. The molecule has 35 heavy (non-hydrogen) atoms. The Morgan fingerprint density at radius 1 is 0.857 bits per heavy atom. The van der Waals surface area contributed by atoms with E-state index in [1.54, 1.807) is 12.1 Å². The summed E-state index contributed by atoms with van der Waals surface area (Å²) in [5.74, 6) is 0.787. The summed E-state index contributed by atoms with van der Waals surface area (Å²) in [4.78, 5) is 6.68. The van der Waals surface area contributed by atoms with Crippen LogP contribution >= 0.6 is 0 Å². The lowest BCUT2D eigenvalue weighted by Crippen LogP contribution is -2.36. The zero-order chi connectivity index (χ0) is 24.3. The largest absolute Gasteiger partial charge is 0.497 e. The zero-order valence-electron chi connectivity index (χ0n) is 19.3. The van der Waals surface area contributed by atoms with E-state index in [2.05, 4.69) is 4.98 Å². The molecule has 2 heterocycles. The van der Waals surface area contributed by atoms with Crippen LogP contribution in [0.5, 0.6) is 5.75 Å². The Hall–Kier alpha value is -3.62. The monoisotopic (exact) mass is 490 g/mol. The number of methoxy groups -OCH3 is 1. The first-order valence-corrected chi connectivity index (χ1v) is 12.9. The summed E-state index contributed by atoms with van der Waals surface area (Å²) in [5, 5.41) is -0.0866. The zero-order valence-corrected chi connectivity index (χ0v) is 20.1. The standard InChI is InChI=1S/C27H26N2O5S/c1-32-22-12-14-23(15-13-22)35(30,31)26-27(29-16-18-33-19-17-29)34-25(28-26)24(20-8-4-2-5-9-20)21-10-6-3-7-11-21/h2-15,24H,16-19H2,1H3. The van der Waals surface area contributed by atoms with Gasteiger partial charge in [0.05, 0.1) is 31.1 Å². The average Bonchev–Trinajstić information content (AvgIpc) is 3.36. The first-order valence-electron chi connectivity index (χ1n) is 11.4. The van der Waals surface area contributed by atoms with Crippen molar-refractivity contribution >= 4 is 15.7 Å². The molecule has 0 spiro atoms. The Morgan fingerprint density at radius 3 is 1.97 bits per heavy atom. The molecular weight excluding hydrogens is 464 g/mol. The number of rotatable bonds is 7. The predicted molar refractivity (Wildman–Crippen MR) is 132 cm³/mol. The number of ether oxygens (including phenoxy) is 2. The van der Waals surface area contributed by atoms with E-state index in [0.717, 1.165) is 11.1 Å². The highest BCUT2D eigenvalue weighted by Crippen LogP contribution is 2.38. The van der Waals surface area contributed by atoms with Gasteiger partial charge in [-0.1, -0.05) is 60.7 Å². The lowest BCUT2D eigenvalue weighted by atomic mass is 9.91. The molecule has 1 fully saturated rings. The number of sulfone groups is 1. The maximum absolute atomic E-state index is 13.8. The van der Waals surface area contributed by atoms with E-state index in [1.807, 2.05) is 65.6 Å². The second kappa shape index (κ2) is 9.93. The van der Waals surface area contributed by atoms with E-state index in [9.17, 15) is 8.42 Å². The van der Waals surface area contributed by atoms with Crippen molar-refractivity contribution in [3.05, 3.63) is 102 Å². The highest BCUT2D eigenvalue weighted by atomic mass is 32.2. The summed E-state index contributed by atoms with van der Waals surface area (Å²) in [6.07, 6.45) is 0. The fourth-order valence-electron chi connectivity index (χ4n) is 4.21. The lowest BCUT2D eigenvalue weighted by molar-refractivity contribution is 0.120. The number of hydrogen-bond donors (Lipinski definition) is 0. The maximum atomic E-state index is 13.8. The highest BCUT2D eigenvalue weighted by molar-refractivity contribution is 7.91. The minimum absolute atomic E-state index is 0.0866. The van der Waals surface area contributed by atoms with Crippen LogP contribution in [0.15, 0.2) is 99.3 Å². The van der Waals surface area contributed by atoms with E-state index in [1.165, 1.54) is 19.2 Å². The van der Waals surface area contributed by atoms with E-state index in [-0.39, 0.29) is 21.7 Å². The van der Waals surface area contributed by atoms with Crippen LogP contribution in [0, 0.1) is 0 Å². The Balaban J connectivity index is 1.67. The highest BCUT2D eigenvalue weighted by Gasteiger charge is 2.34. The van der Waals surface area contributed by atoms with Gasteiger partial charge in [0.1, 0.15) is 5.75 Å². The second-order valence-electron chi connectivity index (χ2n) is 8.20. The SMILES string of the molecule is COc1ccc(S(=O)(=O)c2nc(C(c3ccccc3)c3ccccc3)oc2N2CCOCC2)cc1. The van der Waals surface area contributed by atoms with Crippen molar-refractivity contribution in [1.29, 1.82) is 0 Å². The van der Waals surface area contributed by atoms with Crippen LogP contribution in [0.2, 0.25) is 0 Å². The molecule has 0 saturated carbocycles. The summed E-state index contributed by atoms with van der Waals surface area (Å²) in [7, 11) is -2.42. The van der Waals surface area contributed by atoms with Crippen molar-refractivity contribution in [2.75, 3.05) is 38.3 Å². The molecule has 0 aliphatic carbocycles. The molecule has 7 nitrogen and oxygen atoms in total. The average molecular weight is 491 g/mol. The van der Waals surface area contributed by atoms with Crippen LogP contribution in [0.1, 0.15) is 22.9 Å². The van der Waals surface area contributed by atoms with Gasteiger partial charge >= 0.3 is 0 Å². The van der Waals surface area contributed by atoms with Crippen molar-refractivity contribution in [3.63, 3.8) is 0 Å². The van der Waals surface area contributed by atoms with Crippen LogP contribution in [-0.4, -0.2) is 46.8 Å². The van der Waals surface area contributed by atoms with Gasteiger partial charge in [0.25, 0.3) is 0 Å². The number of anilines is 1. The third kappa shape index (κ3) is 4.67. The van der Waals surface area contributed by atoms with Crippen molar-refractivity contribution in [3.8, 4) is 5.75 Å². The van der Waals surface area contributed by atoms with Gasteiger partial charge in [-0.2, -0.15) is 4.98 Å². The molecule has 0 N–H and O–H groups in total. The molecule has 1 aliphatic heterocycles. The fourth-order valence-corrected chi connectivity index (χ4v) is 5.54. The minimum Gasteiger partial charge on any atom is -0.497 e. The molecule has 0 unspecified atom stereocenters. The van der Waals surface area contributed by atoms with Gasteiger partial charge in [-0.05, 0) is 35.4 Å². The van der Waals surface area contributed by atoms with Crippen molar-refractivity contribution in [2.24, 2.45) is 0 Å². The fraction of sp³-hybridized carbons (Fsp3) is 0.222. The molecule has 0 amide bonds. The van der Waals surface area contributed by atoms with Gasteiger partial charge in [-0.3, -0.25) is 0 Å². The van der Waals surface area contributed by atoms with E-state index < -0.39 is 9.84 Å². The van der Waals surface area contributed by atoms with Gasteiger partial charge < -0.3 is 18.8 Å². The van der Waals surface area contributed by atoms with E-state index in [0.29, 0.717) is 37.9 Å². The van der Waals surface area contributed by atoms with Crippen LogP contribution in [0.4, 0.5) is 5.88 Å². The molecule has 8 heteroatoms. The van der Waals surface area contributed by atoms with Crippen LogP contribution < -0.4 is 9.64 Å². The van der Waals surface area contributed by atoms with Crippen LogP contribution in [0.25, 0.3) is 0 Å². The first kappa shape index (κ1) is 23.1. The Kier molecular flexibility index (Phi) is 6.57. The van der Waals surface area contributed by atoms with Gasteiger partial charge in [0, 0.05) is 13.1 Å². The summed E-state index contributed by atoms with van der Waals surface area (Å²) in [6, 6.07) is 26.0. The normalized spacial score (nSPS) is 14.3. The summed E-state index contributed by atoms with van der Waals surface area (Å²) >= 11 is 0. The Labute approximate surface area is 204 Å². The van der Waals surface area contributed by atoms with E-state index in [4.69, 9.17) is 13.9 Å². The lowest BCUT2D eigenvalue weighted by Gasteiger charge is -2.26. The predicted octanol–water partition coefficient (Wildman–Crippen LogP) is 4.53. The number of aromatic nitrogens is 1. The van der Waals surface area contributed by atoms with Gasteiger partial charge in [0.2, 0.25) is 26.6 Å². The first-order chi connectivity index (χ1) is 17.1. The Bertz CT molecular complexity index is 1320. The molecule has 0 radical (unpaired) electrons. The molecule has 1 aliphatic rings. The summed E-state index contributed by atoms with van der Waals surface area (Å²) < 4.78 is 44.6. The van der Waals surface area contributed by atoms with Gasteiger partial charge in [-0.25, -0.2) is 8.42 Å². The minimum atomic E-state index is -3.96. The number of morpholine rings is 1. The number of benzene rings is 3. The van der Waals surface area contributed by atoms with Crippen LogP contribution in [-0.2, 0) is 14.6 Å². The van der Waals surface area contributed by atoms with Crippen molar-refractivity contribution < 1.29 is 22.3 Å². The molecule has 180 valence electrons. The molecule has 1 aromatic heterocycles. The van der Waals surface area contributed by atoms with Crippen LogP contribution in [0.3, 0.4) is 0 Å². The smallest absolute Gasteiger partial charge is 0.236 e. The third-order valence-corrected chi connectivity index (χ3v) is 7.70. The molecule has 4 aromatic rings. The third-order valence-electron chi connectivity index (χ3n) is 6.03. The van der Waals surface area contributed by atoms with Crippen molar-refractivity contribution in [2.45, 2.75) is 15.8 Å². The number of nitrogens with zero attached hydrogens (tertiary/aromatic N) is 2. The molecule has 5 rings (SSSR count).